The minimum Gasteiger partial charge on any atom is -0.356 e. The van der Waals surface area contributed by atoms with Crippen molar-refractivity contribution in [3.63, 3.8) is 0 Å². The van der Waals surface area contributed by atoms with Crippen molar-refractivity contribution in [1.29, 1.82) is 0 Å². The Morgan fingerprint density at radius 3 is 2.44 bits per heavy atom. The topological polar surface area (TPSA) is 15.8 Å². The van der Waals surface area contributed by atoms with Crippen molar-refractivity contribution in [2.45, 2.75) is 19.8 Å². The van der Waals surface area contributed by atoms with E-state index in [0.717, 1.165) is 4.60 Å². The highest BCUT2D eigenvalue weighted by atomic mass is 79.9. The van der Waals surface area contributed by atoms with Gasteiger partial charge in [0.2, 0.25) is 0 Å². The highest BCUT2D eigenvalue weighted by Crippen LogP contribution is 2.17. The Balaban J connectivity index is 2.85. The van der Waals surface area contributed by atoms with Crippen LogP contribution in [0.3, 0.4) is 0 Å². The van der Waals surface area contributed by atoms with Gasteiger partial charge in [-0.3, -0.25) is 0 Å². The molecule has 0 aromatic carbocycles. The van der Waals surface area contributed by atoms with Crippen LogP contribution in [0.5, 0.6) is 0 Å². The number of aromatic amines is 1. The predicted octanol–water partition coefficient (Wildman–Crippen LogP) is 2.90. The molecule has 0 aliphatic carbocycles. The number of aromatic nitrogens is 1. The molecule has 1 N–H and O–H groups in total. The summed E-state index contributed by atoms with van der Waals surface area (Å²) in [6, 6.07) is 2.10. The summed E-state index contributed by atoms with van der Waals surface area (Å²) in [5, 5.41) is 0. The number of hydrogen-bond donors (Lipinski definition) is 1. The first kappa shape index (κ1) is 6.87. The Labute approximate surface area is 63.6 Å². The van der Waals surface area contributed by atoms with E-state index in [4.69, 9.17) is 0 Å². The number of rotatable bonds is 1. The molecule has 0 spiro atoms. The Morgan fingerprint density at radius 1 is 1.56 bits per heavy atom. The van der Waals surface area contributed by atoms with E-state index < -0.39 is 0 Å². The van der Waals surface area contributed by atoms with Crippen molar-refractivity contribution < 1.29 is 0 Å². The summed E-state index contributed by atoms with van der Waals surface area (Å²) in [6.07, 6.45) is 2.02. The van der Waals surface area contributed by atoms with Gasteiger partial charge in [-0.25, -0.2) is 0 Å². The van der Waals surface area contributed by atoms with Crippen molar-refractivity contribution >= 4 is 15.9 Å². The summed E-state index contributed by atoms with van der Waals surface area (Å²) in [5.41, 5.74) is 1.35. The van der Waals surface area contributed by atoms with E-state index in [1.165, 1.54) is 5.56 Å². The molecule has 0 radical (unpaired) electrons. The molecule has 2 heteroatoms. The quantitative estimate of drug-likeness (QED) is 0.697. The highest BCUT2D eigenvalue weighted by molar-refractivity contribution is 9.10. The van der Waals surface area contributed by atoms with Crippen LogP contribution in [0.15, 0.2) is 16.9 Å². The van der Waals surface area contributed by atoms with E-state index in [0.29, 0.717) is 5.92 Å². The monoisotopic (exact) mass is 187 g/mol. The van der Waals surface area contributed by atoms with Gasteiger partial charge >= 0.3 is 0 Å². The molecule has 0 amide bonds. The van der Waals surface area contributed by atoms with Crippen molar-refractivity contribution in [3.8, 4) is 0 Å². The largest absolute Gasteiger partial charge is 0.356 e. The minimum absolute atomic E-state index is 0.618. The maximum atomic E-state index is 3.34. The van der Waals surface area contributed by atoms with Crippen LogP contribution >= 0.6 is 15.9 Å². The fourth-order valence-electron chi connectivity index (χ4n) is 0.715. The molecule has 0 aliphatic rings. The molecule has 0 fully saturated rings. The van der Waals surface area contributed by atoms with Gasteiger partial charge in [-0.2, -0.15) is 0 Å². The average molecular weight is 188 g/mol. The maximum Gasteiger partial charge on any atom is 0.0822 e. The summed E-state index contributed by atoms with van der Waals surface area (Å²) in [7, 11) is 0. The third kappa shape index (κ3) is 1.58. The third-order valence-electron chi connectivity index (χ3n) is 1.34. The molecule has 0 unspecified atom stereocenters. The van der Waals surface area contributed by atoms with Crippen molar-refractivity contribution in [2.75, 3.05) is 0 Å². The molecule has 0 atom stereocenters. The molecule has 1 aromatic heterocycles. The second-order valence-electron chi connectivity index (χ2n) is 2.44. The Morgan fingerprint density at radius 2 is 2.22 bits per heavy atom. The van der Waals surface area contributed by atoms with Gasteiger partial charge < -0.3 is 4.98 Å². The van der Waals surface area contributed by atoms with Crippen molar-refractivity contribution in [1.82, 2.24) is 4.98 Å². The lowest BCUT2D eigenvalue weighted by Gasteiger charge is -1.96. The predicted molar refractivity (Wildman–Crippen MR) is 42.6 cm³/mol. The summed E-state index contributed by atoms with van der Waals surface area (Å²) >= 11 is 3.34. The molecule has 9 heavy (non-hydrogen) atoms. The first-order valence-electron chi connectivity index (χ1n) is 3.04. The van der Waals surface area contributed by atoms with E-state index in [-0.39, 0.29) is 0 Å². The number of hydrogen-bond acceptors (Lipinski definition) is 0. The van der Waals surface area contributed by atoms with Gasteiger partial charge in [-0.05, 0) is 33.5 Å². The van der Waals surface area contributed by atoms with Gasteiger partial charge in [-0.1, -0.05) is 13.8 Å². The molecule has 1 rings (SSSR count). The minimum atomic E-state index is 0.618. The number of nitrogens with one attached hydrogen (secondary N) is 1. The summed E-state index contributed by atoms with van der Waals surface area (Å²) in [6.45, 7) is 4.35. The molecule has 0 saturated carbocycles. The van der Waals surface area contributed by atoms with Crippen LogP contribution in [-0.4, -0.2) is 4.98 Å². The Hall–Kier alpha value is -0.240. The lowest BCUT2D eigenvalue weighted by atomic mass is 10.1. The van der Waals surface area contributed by atoms with Gasteiger partial charge in [0.25, 0.3) is 0 Å². The van der Waals surface area contributed by atoms with E-state index in [1.807, 2.05) is 6.20 Å². The fourth-order valence-corrected chi connectivity index (χ4v) is 1.09. The second kappa shape index (κ2) is 2.56. The molecule has 0 bridgehead atoms. The van der Waals surface area contributed by atoms with Crippen LogP contribution in [0, 0.1) is 0 Å². The van der Waals surface area contributed by atoms with E-state index in [1.54, 1.807) is 0 Å². The van der Waals surface area contributed by atoms with Gasteiger partial charge in [0.05, 0.1) is 4.60 Å². The zero-order chi connectivity index (χ0) is 6.85. The molecule has 0 aliphatic heterocycles. The van der Waals surface area contributed by atoms with Crippen LogP contribution in [0.2, 0.25) is 0 Å². The van der Waals surface area contributed by atoms with Crippen LogP contribution in [-0.2, 0) is 0 Å². The van der Waals surface area contributed by atoms with Crippen LogP contribution < -0.4 is 0 Å². The Bertz CT molecular complexity index is 191. The first-order valence-corrected chi connectivity index (χ1v) is 3.83. The molecule has 50 valence electrons. The van der Waals surface area contributed by atoms with Crippen LogP contribution in [0.25, 0.3) is 0 Å². The number of H-pyrrole nitrogens is 1. The van der Waals surface area contributed by atoms with Gasteiger partial charge in [0.15, 0.2) is 0 Å². The second-order valence-corrected chi connectivity index (χ2v) is 3.29. The molecular formula is C7H10BrN. The molecular weight excluding hydrogens is 178 g/mol. The van der Waals surface area contributed by atoms with Gasteiger partial charge in [-0.15, -0.1) is 0 Å². The summed E-state index contributed by atoms with van der Waals surface area (Å²) in [4.78, 5) is 3.07. The van der Waals surface area contributed by atoms with Crippen molar-refractivity contribution in [2.24, 2.45) is 0 Å². The molecule has 1 nitrogen and oxygen atoms in total. The summed E-state index contributed by atoms with van der Waals surface area (Å²) < 4.78 is 1.06. The van der Waals surface area contributed by atoms with E-state index >= 15 is 0 Å². The van der Waals surface area contributed by atoms with Crippen molar-refractivity contribution in [3.05, 3.63) is 22.4 Å². The van der Waals surface area contributed by atoms with E-state index in [9.17, 15) is 0 Å². The lowest BCUT2D eigenvalue weighted by Crippen LogP contribution is -1.79. The van der Waals surface area contributed by atoms with Gasteiger partial charge in [0, 0.05) is 6.20 Å². The Kier molecular flexibility index (Phi) is 1.96. The van der Waals surface area contributed by atoms with Crippen LogP contribution in [0.1, 0.15) is 25.3 Å². The summed E-state index contributed by atoms with van der Waals surface area (Å²) in [5.74, 6) is 0.618. The van der Waals surface area contributed by atoms with Gasteiger partial charge in [0.1, 0.15) is 0 Å². The average Bonchev–Trinajstić information content (AvgIpc) is 2.14. The third-order valence-corrected chi connectivity index (χ3v) is 1.79. The smallest absolute Gasteiger partial charge is 0.0822 e. The van der Waals surface area contributed by atoms with Crippen LogP contribution in [0.4, 0.5) is 0 Å². The van der Waals surface area contributed by atoms with E-state index in [2.05, 4.69) is 40.8 Å². The standard InChI is InChI=1S/C7H10BrN/c1-5(2)6-3-7(8)9-4-6/h3-5,9H,1-2H3. The lowest BCUT2D eigenvalue weighted by molar-refractivity contribution is 0.868. The SMILES string of the molecule is CC(C)c1c[nH]c(Br)c1. The molecule has 1 heterocycles. The molecule has 0 saturated heterocycles. The maximum absolute atomic E-state index is 3.34. The normalized spacial score (nSPS) is 10.7. The first-order chi connectivity index (χ1) is 4.20. The highest BCUT2D eigenvalue weighted by Gasteiger charge is 1.99. The molecule has 1 aromatic rings. The number of halogens is 1. The zero-order valence-corrected chi connectivity index (χ0v) is 7.20. The fraction of sp³-hybridized carbons (Fsp3) is 0.429. The zero-order valence-electron chi connectivity index (χ0n) is 5.61.